The first-order valence-corrected chi connectivity index (χ1v) is 10.6. The van der Waals surface area contributed by atoms with Crippen LogP contribution in [-0.4, -0.2) is 27.2 Å². The minimum atomic E-state index is -3.58. The van der Waals surface area contributed by atoms with E-state index in [2.05, 4.69) is 16.6 Å². The SMILES string of the molecule is CC1(C)Cc2cccc(OCC#CCNS(=O)(=O)c3ccc(Cl)s3)c2O1. The summed E-state index contributed by atoms with van der Waals surface area (Å²) >= 11 is 6.76. The number of benzene rings is 1. The van der Waals surface area contributed by atoms with E-state index >= 15 is 0 Å². The summed E-state index contributed by atoms with van der Waals surface area (Å²) in [7, 11) is -3.58. The maximum atomic E-state index is 12.0. The van der Waals surface area contributed by atoms with Crippen molar-refractivity contribution < 1.29 is 17.9 Å². The maximum Gasteiger partial charge on any atom is 0.250 e. The molecule has 0 radical (unpaired) electrons. The van der Waals surface area contributed by atoms with E-state index in [9.17, 15) is 8.42 Å². The predicted molar refractivity (Wildman–Crippen MR) is 103 cm³/mol. The Morgan fingerprint density at radius 1 is 1.31 bits per heavy atom. The van der Waals surface area contributed by atoms with Crippen LogP contribution in [0.2, 0.25) is 4.34 Å². The maximum absolute atomic E-state index is 12.0. The molecular formula is C18H18ClNO4S2. The zero-order valence-electron chi connectivity index (χ0n) is 14.3. The van der Waals surface area contributed by atoms with Gasteiger partial charge in [0.15, 0.2) is 11.5 Å². The molecule has 8 heteroatoms. The molecule has 0 bridgehead atoms. The topological polar surface area (TPSA) is 64.6 Å². The third kappa shape index (κ3) is 4.51. The van der Waals surface area contributed by atoms with E-state index in [1.54, 1.807) is 6.07 Å². The molecule has 26 heavy (non-hydrogen) atoms. The Morgan fingerprint density at radius 2 is 2.12 bits per heavy atom. The first-order valence-electron chi connectivity index (χ1n) is 7.91. The fourth-order valence-electron chi connectivity index (χ4n) is 2.57. The fraction of sp³-hybridized carbons (Fsp3) is 0.333. The van der Waals surface area contributed by atoms with Gasteiger partial charge in [0.05, 0.1) is 10.9 Å². The second-order valence-corrected chi connectivity index (χ2v) is 10.0. The predicted octanol–water partition coefficient (Wildman–Crippen LogP) is 3.48. The minimum Gasteiger partial charge on any atom is -0.483 e. The average molecular weight is 412 g/mol. The zero-order chi connectivity index (χ0) is 18.8. The van der Waals surface area contributed by atoms with Gasteiger partial charge in [0.2, 0.25) is 0 Å². The van der Waals surface area contributed by atoms with Crippen LogP contribution >= 0.6 is 22.9 Å². The quantitative estimate of drug-likeness (QED) is 0.765. The Labute approximate surface area is 162 Å². The van der Waals surface area contributed by atoms with E-state index in [4.69, 9.17) is 21.1 Å². The second-order valence-electron chi connectivity index (χ2n) is 6.31. The number of halogens is 1. The lowest BCUT2D eigenvalue weighted by atomic mass is 10.0. The molecule has 0 atom stereocenters. The van der Waals surface area contributed by atoms with Crippen molar-refractivity contribution in [3.05, 3.63) is 40.2 Å². The molecule has 2 heterocycles. The highest BCUT2D eigenvalue weighted by Crippen LogP contribution is 2.41. The summed E-state index contributed by atoms with van der Waals surface area (Å²) in [4.78, 5) is 0. The summed E-state index contributed by atoms with van der Waals surface area (Å²) < 4.78 is 38.6. The molecule has 1 N–H and O–H groups in total. The highest BCUT2D eigenvalue weighted by atomic mass is 35.5. The van der Waals surface area contributed by atoms with Crippen molar-refractivity contribution in [2.24, 2.45) is 0 Å². The van der Waals surface area contributed by atoms with Crippen LogP contribution < -0.4 is 14.2 Å². The molecule has 1 aliphatic heterocycles. The van der Waals surface area contributed by atoms with E-state index < -0.39 is 10.0 Å². The monoisotopic (exact) mass is 411 g/mol. The number of sulfonamides is 1. The number of ether oxygens (including phenoxy) is 2. The molecule has 1 aromatic heterocycles. The third-order valence-electron chi connectivity index (χ3n) is 3.64. The third-order valence-corrected chi connectivity index (χ3v) is 6.77. The van der Waals surface area contributed by atoms with Crippen molar-refractivity contribution >= 4 is 33.0 Å². The van der Waals surface area contributed by atoms with Gasteiger partial charge in [-0.2, -0.15) is 4.72 Å². The van der Waals surface area contributed by atoms with E-state index in [0.717, 1.165) is 29.1 Å². The van der Waals surface area contributed by atoms with Crippen LogP contribution in [0.4, 0.5) is 0 Å². The number of hydrogen-bond acceptors (Lipinski definition) is 5. The van der Waals surface area contributed by atoms with Crippen molar-refractivity contribution in [3.8, 4) is 23.3 Å². The van der Waals surface area contributed by atoms with Gasteiger partial charge in [0.25, 0.3) is 10.0 Å². The van der Waals surface area contributed by atoms with E-state index in [1.165, 1.54) is 6.07 Å². The molecule has 1 aromatic carbocycles. The minimum absolute atomic E-state index is 0.00234. The summed E-state index contributed by atoms with van der Waals surface area (Å²) in [6, 6.07) is 8.79. The molecule has 0 unspecified atom stereocenters. The normalized spacial score (nSPS) is 14.9. The molecule has 0 fully saturated rings. The Kier molecular flexibility index (Phi) is 5.49. The lowest BCUT2D eigenvalue weighted by molar-refractivity contribution is 0.133. The molecule has 5 nitrogen and oxygen atoms in total. The Balaban J connectivity index is 1.52. The van der Waals surface area contributed by atoms with Crippen LogP contribution in [0, 0.1) is 11.8 Å². The van der Waals surface area contributed by atoms with Crippen molar-refractivity contribution in [2.45, 2.75) is 30.1 Å². The highest BCUT2D eigenvalue weighted by Gasteiger charge is 2.32. The fourth-order valence-corrected chi connectivity index (χ4v) is 5.02. The Morgan fingerprint density at radius 3 is 2.85 bits per heavy atom. The van der Waals surface area contributed by atoms with Gasteiger partial charge in [-0.05, 0) is 32.0 Å². The van der Waals surface area contributed by atoms with E-state index in [1.807, 2.05) is 32.0 Å². The van der Waals surface area contributed by atoms with Gasteiger partial charge in [-0.25, -0.2) is 8.42 Å². The number of para-hydroxylation sites is 1. The molecule has 2 aromatic rings. The Bertz CT molecular complexity index is 971. The smallest absolute Gasteiger partial charge is 0.250 e. The highest BCUT2D eigenvalue weighted by molar-refractivity contribution is 7.91. The van der Waals surface area contributed by atoms with Crippen LogP contribution in [0.3, 0.4) is 0 Å². The van der Waals surface area contributed by atoms with Gasteiger partial charge in [-0.15, -0.1) is 11.3 Å². The van der Waals surface area contributed by atoms with Gasteiger partial charge in [-0.3, -0.25) is 0 Å². The molecule has 0 amide bonds. The van der Waals surface area contributed by atoms with Crippen molar-refractivity contribution in [2.75, 3.05) is 13.2 Å². The standard InChI is InChI=1S/C18H18ClNO4S2/c1-18(2)12-13-6-5-7-14(17(13)24-18)23-11-4-3-10-20-26(21,22)16-9-8-15(19)25-16/h5-9,20H,10-12H2,1-2H3. The number of nitrogens with one attached hydrogen (secondary N) is 1. The van der Waals surface area contributed by atoms with Gasteiger partial charge in [0.1, 0.15) is 16.4 Å². The number of rotatable bonds is 5. The van der Waals surface area contributed by atoms with Crippen LogP contribution in [0.15, 0.2) is 34.5 Å². The molecule has 0 saturated carbocycles. The molecular weight excluding hydrogens is 394 g/mol. The molecule has 3 rings (SSSR count). The van der Waals surface area contributed by atoms with Crippen molar-refractivity contribution in [1.82, 2.24) is 4.72 Å². The average Bonchev–Trinajstić information content (AvgIpc) is 3.13. The van der Waals surface area contributed by atoms with Gasteiger partial charge in [-0.1, -0.05) is 35.6 Å². The lowest BCUT2D eigenvalue weighted by Crippen LogP contribution is -2.24. The van der Waals surface area contributed by atoms with Crippen molar-refractivity contribution in [3.63, 3.8) is 0 Å². The van der Waals surface area contributed by atoms with Crippen LogP contribution in [0.5, 0.6) is 11.5 Å². The second kappa shape index (κ2) is 7.49. The molecule has 1 aliphatic rings. The summed E-state index contributed by atoms with van der Waals surface area (Å²) in [6.45, 7) is 4.21. The Hall–Kier alpha value is -1.72. The van der Waals surface area contributed by atoms with Crippen LogP contribution in [0.1, 0.15) is 19.4 Å². The summed E-state index contributed by atoms with van der Waals surface area (Å²) in [5.74, 6) is 6.94. The summed E-state index contributed by atoms with van der Waals surface area (Å²) in [5, 5.41) is 0. The molecule has 0 aliphatic carbocycles. The lowest BCUT2D eigenvalue weighted by Gasteiger charge is -2.17. The molecule has 138 valence electrons. The number of fused-ring (bicyclic) bond motifs is 1. The van der Waals surface area contributed by atoms with Gasteiger partial charge < -0.3 is 9.47 Å². The van der Waals surface area contributed by atoms with E-state index in [0.29, 0.717) is 10.1 Å². The number of thiophene rings is 1. The van der Waals surface area contributed by atoms with Crippen molar-refractivity contribution in [1.29, 1.82) is 0 Å². The summed E-state index contributed by atoms with van der Waals surface area (Å²) in [5.41, 5.74) is 0.874. The largest absolute Gasteiger partial charge is 0.483 e. The number of hydrogen-bond donors (Lipinski definition) is 1. The van der Waals surface area contributed by atoms with E-state index in [-0.39, 0.29) is 23.0 Å². The van der Waals surface area contributed by atoms with Crippen LogP contribution in [-0.2, 0) is 16.4 Å². The zero-order valence-corrected chi connectivity index (χ0v) is 16.7. The van der Waals surface area contributed by atoms with Gasteiger partial charge in [0, 0.05) is 12.0 Å². The van der Waals surface area contributed by atoms with Gasteiger partial charge >= 0.3 is 0 Å². The summed E-state index contributed by atoms with van der Waals surface area (Å²) in [6.07, 6.45) is 0.833. The van der Waals surface area contributed by atoms with Crippen LogP contribution in [0.25, 0.3) is 0 Å². The first-order chi connectivity index (χ1) is 12.3. The molecule has 0 saturated heterocycles. The first kappa shape index (κ1) is 19.1. The molecule has 0 spiro atoms.